The number of hydrogen-bond donors (Lipinski definition) is 0. The van der Waals surface area contributed by atoms with Gasteiger partial charge in [0.05, 0.1) is 18.6 Å². The standard InChI is InChI=1S/C10H14N2O4/c1-15-7-2-3-12(4-7)5-9-11-8(6-16-9)10(13)14/h6-7H,2-5H2,1H3,(H,13,14)/p-1/t7-/m0/s1. The van der Waals surface area contributed by atoms with Gasteiger partial charge in [-0.3, -0.25) is 4.90 Å². The fourth-order valence-corrected chi connectivity index (χ4v) is 1.80. The first kappa shape index (κ1) is 11.1. The summed E-state index contributed by atoms with van der Waals surface area (Å²) in [7, 11) is 1.69. The zero-order chi connectivity index (χ0) is 11.5. The summed E-state index contributed by atoms with van der Waals surface area (Å²) >= 11 is 0. The second-order valence-electron chi connectivity index (χ2n) is 3.80. The molecule has 6 nitrogen and oxygen atoms in total. The lowest BCUT2D eigenvalue weighted by Crippen LogP contribution is -2.24. The van der Waals surface area contributed by atoms with Gasteiger partial charge in [0, 0.05) is 20.2 Å². The Morgan fingerprint density at radius 3 is 3.19 bits per heavy atom. The number of likely N-dealkylation sites (tertiary alicyclic amines) is 1. The van der Waals surface area contributed by atoms with Gasteiger partial charge in [-0.05, 0) is 6.42 Å². The number of oxazole rings is 1. The number of carboxylic acid groups (broad SMARTS) is 1. The molecule has 0 amide bonds. The lowest BCUT2D eigenvalue weighted by Gasteiger charge is -2.12. The van der Waals surface area contributed by atoms with Crippen molar-refractivity contribution in [2.75, 3.05) is 20.2 Å². The first-order valence-electron chi connectivity index (χ1n) is 5.10. The lowest BCUT2D eigenvalue weighted by molar-refractivity contribution is -0.255. The predicted molar refractivity (Wildman–Crippen MR) is 51.5 cm³/mol. The van der Waals surface area contributed by atoms with Crippen LogP contribution < -0.4 is 5.11 Å². The number of methoxy groups -OCH3 is 1. The van der Waals surface area contributed by atoms with Crippen LogP contribution in [0.3, 0.4) is 0 Å². The van der Waals surface area contributed by atoms with E-state index in [0.717, 1.165) is 25.8 Å². The highest BCUT2D eigenvalue weighted by Gasteiger charge is 2.23. The van der Waals surface area contributed by atoms with Gasteiger partial charge in [0.15, 0.2) is 0 Å². The summed E-state index contributed by atoms with van der Waals surface area (Å²) in [4.78, 5) is 16.4. The Kier molecular flexibility index (Phi) is 3.21. The molecule has 6 heteroatoms. The van der Waals surface area contributed by atoms with E-state index in [2.05, 4.69) is 9.88 Å². The maximum absolute atomic E-state index is 10.5. The van der Waals surface area contributed by atoms with E-state index in [1.807, 2.05) is 0 Å². The molecule has 1 aromatic rings. The maximum atomic E-state index is 10.5. The fourth-order valence-electron chi connectivity index (χ4n) is 1.80. The average Bonchev–Trinajstić information content (AvgIpc) is 2.87. The highest BCUT2D eigenvalue weighted by atomic mass is 16.5. The van der Waals surface area contributed by atoms with Crippen LogP contribution in [-0.4, -0.2) is 42.2 Å². The van der Waals surface area contributed by atoms with Crippen LogP contribution in [0.4, 0.5) is 0 Å². The van der Waals surface area contributed by atoms with Crippen molar-refractivity contribution < 1.29 is 19.1 Å². The summed E-state index contributed by atoms with van der Waals surface area (Å²) in [6, 6.07) is 0. The Morgan fingerprint density at radius 2 is 2.62 bits per heavy atom. The van der Waals surface area contributed by atoms with E-state index >= 15 is 0 Å². The van der Waals surface area contributed by atoms with E-state index in [0.29, 0.717) is 12.4 Å². The molecule has 0 N–H and O–H groups in total. The van der Waals surface area contributed by atoms with Gasteiger partial charge in [-0.1, -0.05) is 0 Å². The van der Waals surface area contributed by atoms with E-state index in [9.17, 15) is 9.90 Å². The third kappa shape index (κ3) is 2.40. The second-order valence-corrected chi connectivity index (χ2v) is 3.80. The number of hydrogen-bond acceptors (Lipinski definition) is 6. The first-order valence-corrected chi connectivity index (χ1v) is 5.10. The first-order chi connectivity index (χ1) is 7.69. The monoisotopic (exact) mass is 225 g/mol. The highest BCUT2D eigenvalue weighted by Crippen LogP contribution is 2.14. The number of carboxylic acids is 1. The molecule has 1 aliphatic rings. The molecule has 88 valence electrons. The predicted octanol–water partition coefficient (Wildman–Crippen LogP) is -0.741. The van der Waals surface area contributed by atoms with Crippen molar-refractivity contribution in [2.24, 2.45) is 0 Å². The molecular weight excluding hydrogens is 212 g/mol. The SMILES string of the molecule is CO[C@H]1CCN(Cc2nc(C(=O)[O-])co2)C1. The smallest absolute Gasteiger partial charge is 0.208 e. The number of nitrogens with zero attached hydrogens (tertiary/aromatic N) is 2. The van der Waals surface area contributed by atoms with E-state index < -0.39 is 5.97 Å². The Balaban J connectivity index is 1.92. The van der Waals surface area contributed by atoms with E-state index in [-0.39, 0.29) is 11.8 Å². The molecule has 0 bridgehead atoms. The van der Waals surface area contributed by atoms with Gasteiger partial charge in [-0.2, -0.15) is 0 Å². The summed E-state index contributed by atoms with van der Waals surface area (Å²) in [5.74, 6) is -0.915. The number of ether oxygens (including phenoxy) is 1. The molecular formula is C10H13N2O4-. The molecule has 1 aliphatic heterocycles. The molecule has 0 radical (unpaired) electrons. The van der Waals surface area contributed by atoms with Crippen molar-refractivity contribution in [1.29, 1.82) is 0 Å². The number of carbonyl (C=O) groups is 1. The van der Waals surface area contributed by atoms with Crippen molar-refractivity contribution in [2.45, 2.75) is 19.1 Å². The third-order valence-electron chi connectivity index (χ3n) is 2.68. The van der Waals surface area contributed by atoms with Crippen molar-refractivity contribution in [3.8, 4) is 0 Å². The Labute approximate surface area is 92.8 Å². The topological polar surface area (TPSA) is 78.6 Å². The minimum absolute atomic E-state index is 0.155. The van der Waals surface area contributed by atoms with Crippen LogP contribution >= 0.6 is 0 Å². The minimum Gasteiger partial charge on any atom is -0.543 e. The molecule has 0 saturated carbocycles. The summed E-state index contributed by atoms with van der Waals surface area (Å²) in [6.45, 7) is 2.23. The van der Waals surface area contributed by atoms with Crippen molar-refractivity contribution >= 4 is 5.97 Å². The van der Waals surface area contributed by atoms with Crippen LogP contribution in [-0.2, 0) is 11.3 Å². The normalized spacial score (nSPS) is 21.4. The molecule has 1 atom stereocenters. The van der Waals surface area contributed by atoms with Gasteiger partial charge in [0.25, 0.3) is 0 Å². The van der Waals surface area contributed by atoms with Crippen LogP contribution in [0.5, 0.6) is 0 Å². The second kappa shape index (κ2) is 4.63. The molecule has 0 unspecified atom stereocenters. The molecule has 1 fully saturated rings. The van der Waals surface area contributed by atoms with Crippen LogP contribution in [0.1, 0.15) is 22.8 Å². The highest BCUT2D eigenvalue weighted by molar-refractivity contribution is 5.82. The molecule has 1 aromatic heterocycles. The zero-order valence-corrected chi connectivity index (χ0v) is 9.01. The van der Waals surface area contributed by atoms with Gasteiger partial charge in [0.1, 0.15) is 12.0 Å². The summed E-state index contributed by atoms with van der Waals surface area (Å²) in [5, 5.41) is 10.5. The van der Waals surface area contributed by atoms with E-state index in [4.69, 9.17) is 9.15 Å². The Morgan fingerprint density at radius 1 is 1.81 bits per heavy atom. The quantitative estimate of drug-likeness (QED) is 0.671. The number of rotatable bonds is 4. The van der Waals surface area contributed by atoms with Crippen LogP contribution in [0.15, 0.2) is 10.7 Å². The number of aromatic nitrogens is 1. The molecule has 0 aliphatic carbocycles. The van der Waals surface area contributed by atoms with Gasteiger partial charge in [-0.25, -0.2) is 4.98 Å². The maximum Gasteiger partial charge on any atom is 0.208 e. The lowest BCUT2D eigenvalue weighted by atomic mass is 10.3. The number of carbonyl (C=O) groups excluding carboxylic acids is 1. The molecule has 1 saturated heterocycles. The minimum atomic E-state index is -1.31. The van der Waals surface area contributed by atoms with Gasteiger partial charge >= 0.3 is 0 Å². The van der Waals surface area contributed by atoms with Crippen molar-refractivity contribution in [3.63, 3.8) is 0 Å². The van der Waals surface area contributed by atoms with E-state index in [1.165, 1.54) is 0 Å². The molecule has 0 aromatic carbocycles. The van der Waals surface area contributed by atoms with Crippen LogP contribution in [0, 0.1) is 0 Å². The van der Waals surface area contributed by atoms with Gasteiger partial charge in [0.2, 0.25) is 5.89 Å². The van der Waals surface area contributed by atoms with Crippen molar-refractivity contribution in [3.05, 3.63) is 17.8 Å². The number of aromatic carboxylic acids is 1. The fraction of sp³-hybridized carbons (Fsp3) is 0.600. The Hall–Kier alpha value is -1.40. The molecule has 2 rings (SSSR count). The van der Waals surface area contributed by atoms with Crippen molar-refractivity contribution in [1.82, 2.24) is 9.88 Å². The summed E-state index contributed by atoms with van der Waals surface area (Å²) < 4.78 is 10.3. The average molecular weight is 225 g/mol. The third-order valence-corrected chi connectivity index (χ3v) is 2.68. The largest absolute Gasteiger partial charge is 0.543 e. The molecule has 2 heterocycles. The van der Waals surface area contributed by atoms with E-state index in [1.54, 1.807) is 7.11 Å². The molecule has 16 heavy (non-hydrogen) atoms. The summed E-state index contributed by atoms with van der Waals surface area (Å²) in [5.41, 5.74) is -0.155. The van der Waals surface area contributed by atoms with Crippen LogP contribution in [0.2, 0.25) is 0 Å². The summed E-state index contributed by atoms with van der Waals surface area (Å²) in [6.07, 6.45) is 2.33. The molecule has 0 spiro atoms. The zero-order valence-electron chi connectivity index (χ0n) is 9.01. The van der Waals surface area contributed by atoms with Crippen LogP contribution in [0.25, 0.3) is 0 Å². The Bertz CT molecular complexity index is 377. The van der Waals surface area contributed by atoms with Gasteiger partial charge < -0.3 is 19.1 Å². The van der Waals surface area contributed by atoms with Gasteiger partial charge in [-0.15, -0.1) is 0 Å².